The minimum atomic E-state index is 0.150. The minimum Gasteiger partial charge on any atom is -0.340 e. The Kier molecular flexibility index (Phi) is 4.33. The van der Waals surface area contributed by atoms with Crippen LogP contribution in [-0.2, 0) is 13.1 Å². The summed E-state index contributed by atoms with van der Waals surface area (Å²) in [5, 5.41) is 6.87. The Morgan fingerprint density at radius 3 is 2.76 bits per heavy atom. The van der Waals surface area contributed by atoms with Crippen LogP contribution in [0.5, 0.6) is 0 Å². The van der Waals surface area contributed by atoms with Gasteiger partial charge in [-0.3, -0.25) is 0 Å². The molecule has 1 aliphatic rings. The molecular weight excluding hydrogens is 298 g/mol. The third kappa shape index (κ3) is 4.28. The molecule has 2 aromatic heterocycles. The van der Waals surface area contributed by atoms with Crippen LogP contribution in [0.4, 0.5) is 5.13 Å². The second-order valence-electron chi connectivity index (χ2n) is 6.65. The molecule has 0 atom stereocenters. The maximum absolute atomic E-state index is 4.67. The summed E-state index contributed by atoms with van der Waals surface area (Å²) in [5.41, 5.74) is 0.150. The summed E-state index contributed by atoms with van der Waals surface area (Å²) in [6.45, 7) is 8.49. The van der Waals surface area contributed by atoms with Crippen LogP contribution >= 0.6 is 22.7 Å². The summed E-state index contributed by atoms with van der Waals surface area (Å²) in [4.78, 5) is 9.89. The van der Waals surface area contributed by atoms with Gasteiger partial charge in [-0.2, -0.15) is 0 Å². The van der Waals surface area contributed by atoms with E-state index in [-0.39, 0.29) is 5.54 Å². The summed E-state index contributed by atoms with van der Waals surface area (Å²) >= 11 is 3.66. The summed E-state index contributed by atoms with van der Waals surface area (Å²) in [7, 11) is 0. The number of thiophene rings is 1. The summed E-state index contributed by atoms with van der Waals surface area (Å²) in [6.07, 6.45) is 4.64. The maximum Gasteiger partial charge on any atom is 0.186 e. The molecule has 0 spiro atoms. The molecule has 114 valence electrons. The van der Waals surface area contributed by atoms with Crippen molar-refractivity contribution in [1.29, 1.82) is 0 Å². The first-order valence-electron chi connectivity index (χ1n) is 7.50. The summed E-state index contributed by atoms with van der Waals surface area (Å²) in [5.74, 6) is 0. The van der Waals surface area contributed by atoms with Crippen molar-refractivity contribution >= 4 is 27.8 Å². The summed E-state index contributed by atoms with van der Waals surface area (Å²) < 4.78 is 0. The predicted molar refractivity (Wildman–Crippen MR) is 92.2 cm³/mol. The van der Waals surface area contributed by atoms with Gasteiger partial charge in [0.2, 0.25) is 0 Å². The first-order chi connectivity index (χ1) is 10.0. The first kappa shape index (κ1) is 15.0. The van der Waals surface area contributed by atoms with Gasteiger partial charge in [0, 0.05) is 34.1 Å². The van der Waals surface area contributed by atoms with Crippen molar-refractivity contribution in [3.8, 4) is 0 Å². The molecule has 0 amide bonds. The Balaban J connectivity index is 1.67. The monoisotopic (exact) mass is 321 g/mol. The molecule has 1 fully saturated rings. The number of hydrogen-bond donors (Lipinski definition) is 1. The second-order valence-corrected chi connectivity index (χ2v) is 8.78. The molecule has 3 nitrogen and oxygen atoms in total. The average Bonchev–Trinajstić information content (AvgIpc) is 2.94. The van der Waals surface area contributed by atoms with Crippen molar-refractivity contribution in [3.05, 3.63) is 33.5 Å². The molecule has 0 saturated heterocycles. The van der Waals surface area contributed by atoms with Crippen molar-refractivity contribution in [2.75, 3.05) is 4.90 Å². The standard InChI is InChI=1S/C16H23N3S2/c1-16(2,3)18-10-14-9-17-15(21-14)19(12-6-7-12)11-13-5-4-8-20-13/h4-5,8-9,12,18H,6-7,10-11H2,1-3H3. The fraction of sp³-hybridized carbons (Fsp3) is 0.562. The molecule has 0 unspecified atom stereocenters. The normalized spacial score (nSPS) is 15.4. The zero-order valence-corrected chi connectivity index (χ0v) is 14.6. The van der Waals surface area contributed by atoms with Crippen LogP contribution < -0.4 is 10.2 Å². The van der Waals surface area contributed by atoms with Crippen LogP contribution in [0.3, 0.4) is 0 Å². The van der Waals surface area contributed by atoms with E-state index >= 15 is 0 Å². The highest BCUT2D eigenvalue weighted by Gasteiger charge is 2.31. The van der Waals surface area contributed by atoms with Gasteiger partial charge in [0.1, 0.15) is 0 Å². The Labute approximate surface area is 135 Å². The van der Waals surface area contributed by atoms with Gasteiger partial charge >= 0.3 is 0 Å². The van der Waals surface area contributed by atoms with E-state index < -0.39 is 0 Å². The lowest BCUT2D eigenvalue weighted by molar-refractivity contribution is 0.426. The van der Waals surface area contributed by atoms with Crippen molar-refractivity contribution in [2.45, 2.75) is 58.3 Å². The van der Waals surface area contributed by atoms with Gasteiger partial charge in [-0.15, -0.1) is 22.7 Å². The van der Waals surface area contributed by atoms with Crippen LogP contribution in [0, 0.1) is 0 Å². The lowest BCUT2D eigenvalue weighted by atomic mass is 10.1. The van der Waals surface area contributed by atoms with E-state index in [1.807, 2.05) is 28.9 Å². The Morgan fingerprint density at radius 1 is 1.33 bits per heavy atom. The van der Waals surface area contributed by atoms with Gasteiger partial charge in [-0.25, -0.2) is 4.98 Å². The van der Waals surface area contributed by atoms with Crippen LogP contribution in [0.1, 0.15) is 43.4 Å². The van der Waals surface area contributed by atoms with Gasteiger partial charge in [0.15, 0.2) is 5.13 Å². The number of rotatable bonds is 6. The smallest absolute Gasteiger partial charge is 0.186 e. The molecule has 0 aliphatic heterocycles. The SMILES string of the molecule is CC(C)(C)NCc1cnc(N(Cc2cccs2)C2CC2)s1. The van der Waals surface area contributed by atoms with E-state index in [0.717, 1.165) is 13.1 Å². The zero-order chi connectivity index (χ0) is 14.9. The zero-order valence-electron chi connectivity index (χ0n) is 12.9. The molecule has 1 N–H and O–H groups in total. The van der Waals surface area contributed by atoms with Crippen molar-refractivity contribution in [1.82, 2.24) is 10.3 Å². The number of aromatic nitrogens is 1. The van der Waals surface area contributed by atoms with Gasteiger partial charge < -0.3 is 10.2 Å². The van der Waals surface area contributed by atoms with Gasteiger partial charge in [-0.05, 0) is 45.1 Å². The van der Waals surface area contributed by atoms with Crippen molar-refractivity contribution < 1.29 is 0 Å². The van der Waals surface area contributed by atoms with E-state index in [9.17, 15) is 0 Å². The highest BCUT2D eigenvalue weighted by Crippen LogP contribution is 2.35. The fourth-order valence-corrected chi connectivity index (χ4v) is 3.80. The molecule has 2 aromatic rings. The lowest BCUT2D eigenvalue weighted by Gasteiger charge is -2.21. The third-order valence-corrected chi connectivity index (χ3v) is 5.37. The molecule has 3 rings (SSSR count). The lowest BCUT2D eigenvalue weighted by Crippen LogP contribution is -2.34. The van der Waals surface area contributed by atoms with Crippen LogP contribution in [0.2, 0.25) is 0 Å². The molecule has 2 heterocycles. The van der Waals surface area contributed by atoms with Gasteiger partial charge in [0.05, 0.1) is 6.54 Å². The molecule has 0 aromatic carbocycles. The number of anilines is 1. The summed E-state index contributed by atoms with van der Waals surface area (Å²) in [6, 6.07) is 5.04. The molecular formula is C16H23N3S2. The number of nitrogens with zero attached hydrogens (tertiary/aromatic N) is 2. The molecule has 21 heavy (non-hydrogen) atoms. The van der Waals surface area contributed by atoms with Crippen LogP contribution in [0.25, 0.3) is 0 Å². The maximum atomic E-state index is 4.67. The molecule has 0 bridgehead atoms. The number of nitrogens with one attached hydrogen (secondary N) is 1. The van der Waals surface area contributed by atoms with Gasteiger partial charge in [-0.1, -0.05) is 6.07 Å². The average molecular weight is 322 g/mol. The fourth-order valence-electron chi connectivity index (χ4n) is 2.17. The minimum absolute atomic E-state index is 0.150. The van der Waals surface area contributed by atoms with E-state index in [1.54, 1.807) is 0 Å². The number of hydrogen-bond acceptors (Lipinski definition) is 5. The van der Waals surface area contributed by atoms with Crippen molar-refractivity contribution in [2.24, 2.45) is 0 Å². The quantitative estimate of drug-likeness (QED) is 0.861. The highest BCUT2D eigenvalue weighted by atomic mass is 32.1. The first-order valence-corrected chi connectivity index (χ1v) is 9.20. The van der Waals surface area contributed by atoms with Gasteiger partial charge in [0.25, 0.3) is 0 Å². The van der Waals surface area contributed by atoms with Crippen molar-refractivity contribution in [3.63, 3.8) is 0 Å². The topological polar surface area (TPSA) is 28.2 Å². The Hall–Kier alpha value is -0.910. The molecule has 1 saturated carbocycles. The van der Waals surface area contributed by atoms with Crippen LogP contribution in [-0.4, -0.2) is 16.6 Å². The second kappa shape index (κ2) is 6.07. The van der Waals surface area contributed by atoms with E-state index in [4.69, 9.17) is 0 Å². The van der Waals surface area contributed by atoms with E-state index in [0.29, 0.717) is 6.04 Å². The predicted octanol–water partition coefficient (Wildman–Crippen LogP) is 4.26. The highest BCUT2D eigenvalue weighted by molar-refractivity contribution is 7.15. The number of thiazole rings is 1. The Morgan fingerprint density at radius 2 is 2.14 bits per heavy atom. The van der Waals surface area contributed by atoms with Crippen LogP contribution in [0.15, 0.2) is 23.7 Å². The molecule has 5 heteroatoms. The van der Waals surface area contributed by atoms with E-state index in [1.165, 1.54) is 27.7 Å². The largest absolute Gasteiger partial charge is 0.340 e. The molecule has 0 radical (unpaired) electrons. The Bertz CT molecular complexity index is 565. The third-order valence-electron chi connectivity index (χ3n) is 3.47. The molecule has 1 aliphatic carbocycles. The van der Waals surface area contributed by atoms with E-state index in [2.05, 4.69) is 53.5 Å².